The highest BCUT2D eigenvalue weighted by molar-refractivity contribution is 7.08. The molecular weight excluding hydrogens is 290 g/mol. The molecule has 1 aromatic carbocycles. The van der Waals surface area contributed by atoms with Crippen LogP contribution in [0.25, 0.3) is 11.3 Å². The van der Waals surface area contributed by atoms with Gasteiger partial charge in [0.05, 0.1) is 16.9 Å². The van der Waals surface area contributed by atoms with Crippen LogP contribution in [0.5, 0.6) is 0 Å². The summed E-state index contributed by atoms with van der Waals surface area (Å²) in [5.41, 5.74) is 3.89. The van der Waals surface area contributed by atoms with Crippen LogP contribution in [0.4, 0.5) is 11.6 Å². The smallest absolute Gasteiger partial charge is 0.227 e. The lowest BCUT2D eigenvalue weighted by atomic mass is 10.2. The molecule has 2 heterocycles. The Labute approximate surface area is 126 Å². The topological polar surface area (TPSA) is 37.8 Å². The average Bonchev–Trinajstić information content (AvgIpc) is 2.97. The summed E-state index contributed by atoms with van der Waals surface area (Å²) in [5.74, 6) is 0.546. The Morgan fingerprint density at radius 1 is 1.20 bits per heavy atom. The summed E-state index contributed by atoms with van der Waals surface area (Å²) in [6, 6.07) is 10.0. The van der Waals surface area contributed by atoms with E-state index in [4.69, 9.17) is 11.6 Å². The van der Waals surface area contributed by atoms with Gasteiger partial charge in [-0.05, 0) is 30.0 Å². The lowest BCUT2D eigenvalue weighted by Gasteiger charge is -2.09. The predicted octanol–water partition coefficient (Wildman–Crippen LogP) is 4.91. The minimum atomic E-state index is 0.546. The maximum absolute atomic E-state index is 6.17. The van der Waals surface area contributed by atoms with Gasteiger partial charge in [0.15, 0.2) is 0 Å². The SMILES string of the molecule is Cc1ccccc1Nc1ncc(Cl)c(-c2ccsc2)n1. The van der Waals surface area contributed by atoms with Crippen molar-refractivity contribution < 1.29 is 0 Å². The van der Waals surface area contributed by atoms with Crippen LogP contribution in [0.1, 0.15) is 5.56 Å². The number of nitrogens with zero attached hydrogens (tertiary/aromatic N) is 2. The summed E-state index contributed by atoms with van der Waals surface area (Å²) < 4.78 is 0. The van der Waals surface area contributed by atoms with Crippen molar-refractivity contribution in [3.05, 3.63) is 57.9 Å². The molecule has 3 nitrogen and oxygen atoms in total. The molecule has 2 aromatic heterocycles. The van der Waals surface area contributed by atoms with Gasteiger partial charge in [0.2, 0.25) is 5.95 Å². The maximum Gasteiger partial charge on any atom is 0.227 e. The molecular formula is C15H12ClN3S. The Balaban J connectivity index is 1.96. The fourth-order valence-corrected chi connectivity index (χ4v) is 2.70. The molecule has 0 fully saturated rings. The van der Waals surface area contributed by atoms with Crippen LogP contribution in [0.2, 0.25) is 5.02 Å². The zero-order valence-electron chi connectivity index (χ0n) is 10.8. The molecule has 0 saturated carbocycles. The normalized spacial score (nSPS) is 10.5. The van der Waals surface area contributed by atoms with Crippen molar-refractivity contribution in [2.45, 2.75) is 6.92 Å². The summed E-state index contributed by atoms with van der Waals surface area (Å²) in [7, 11) is 0. The average molecular weight is 302 g/mol. The van der Waals surface area contributed by atoms with Crippen LogP contribution in [0, 0.1) is 6.92 Å². The number of aromatic nitrogens is 2. The highest BCUT2D eigenvalue weighted by Gasteiger charge is 2.09. The van der Waals surface area contributed by atoms with Crippen LogP contribution >= 0.6 is 22.9 Å². The van der Waals surface area contributed by atoms with E-state index in [0.29, 0.717) is 11.0 Å². The molecule has 0 atom stereocenters. The van der Waals surface area contributed by atoms with Gasteiger partial charge >= 0.3 is 0 Å². The number of hydrogen-bond donors (Lipinski definition) is 1. The number of aryl methyl sites for hydroxylation is 1. The third-order valence-corrected chi connectivity index (χ3v) is 3.89. The van der Waals surface area contributed by atoms with Gasteiger partial charge in [0, 0.05) is 16.6 Å². The number of anilines is 2. The number of nitrogens with one attached hydrogen (secondary N) is 1. The highest BCUT2D eigenvalue weighted by Crippen LogP contribution is 2.28. The van der Waals surface area contributed by atoms with Crippen molar-refractivity contribution in [2.24, 2.45) is 0 Å². The van der Waals surface area contributed by atoms with Gasteiger partial charge in [-0.1, -0.05) is 29.8 Å². The molecule has 0 aliphatic heterocycles. The molecule has 1 N–H and O–H groups in total. The summed E-state index contributed by atoms with van der Waals surface area (Å²) in [4.78, 5) is 8.74. The quantitative estimate of drug-likeness (QED) is 0.747. The summed E-state index contributed by atoms with van der Waals surface area (Å²) in [5, 5.41) is 7.80. The molecule has 0 saturated heterocycles. The van der Waals surface area contributed by atoms with Gasteiger partial charge in [0.25, 0.3) is 0 Å². The van der Waals surface area contributed by atoms with Crippen LogP contribution in [0.15, 0.2) is 47.3 Å². The van der Waals surface area contributed by atoms with Crippen molar-refractivity contribution in [3.63, 3.8) is 0 Å². The van der Waals surface area contributed by atoms with Crippen LogP contribution in [-0.4, -0.2) is 9.97 Å². The second-order valence-electron chi connectivity index (χ2n) is 4.34. The molecule has 20 heavy (non-hydrogen) atoms. The molecule has 0 spiro atoms. The van der Waals surface area contributed by atoms with Crippen LogP contribution in [-0.2, 0) is 0 Å². The molecule has 0 aliphatic rings. The Morgan fingerprint density at radius 2 is 2.05 bits per heavy atom. The van der Waals surface area contributed by atoms with Crippen molar-refractivity contribution in [1.29, 1.82) is 0 Å². The molecule has 3 aromatic rings. The fourth-order valence-electron chi connectivity index (χ4n) is 1.86. The molecule has 0 amide bonds. The number of thiophene rings is 1. The van der Waals surface area contributed by atoms with E-state index in [0.717, 1.165) is 22.5 Å². The zero-order valence-corrected chi connectivity index (χ0v) is 12.4. The Hall–Kier alpha value is -1.91. The minimum Gasteiger partial charge on any atom is -0.324 e. The third kappa shape index (κ3) is 2.66. The lowest BCUT2D eigenvalue weighted by molar-refractivity contribution is 1.17. The van der Waals surface area contributed by atoms with E-state index >= 15 is 0 Å². The summed E-state index contributed by atoms with van der Waals surface area (Å²) in [6.45, 7) is 2.04. The molecule has 0 bridgehead atoms. The van der Waals surface area contributed by atoms with E-state index in [1.807, 2.05) is 48.0 Å². The first kappa shape index (κ1) is 13.1. The Kier molecular flexibility index (Phi) is 3.67. The minimum absolute atomic E-state index is 0.546. The second kappa shape index (κ2) is 5.61. The van der Waals surface area contributed by atoms with Gasteiger partial charge < -0.3 is 5.32 Å². The predicted molar refractivity (Wildman–Crippen MR) is 84.8 cm³/mol. The number of hydrogen-bond acceptors (Lipinski definition) is 4. The van der Waals surface area contributed by atoms with Gasteiger partial charge in [-0.3, -0.25) is 0 Å². The zero-order chi connectivity index (χ0) is 13.9. The van der Waals surface area contributed by atoms with Crippen molar-refractivity contribution in [1.82, 2.24) is 9.97 Å². The van der Waals surface area contributed by atoms with E-state index in [1.54, 1.807) is 17.5 Å². The van der Waals surface area contributed by atoms with Gasteiger partial charge in [0.1, 0.15) is 0 Å². The van der Waals surface area contributed by atoms with Crippen molar-refractivity contribution >= 4 is 34.6 Å². The number of para-hydroxylation sites is 1. The van der Waals surface area contributed by atoms with Crippen LogP contribution < -0.4 is 5.32 Å². The van der Waals surface area contributed by atoms with Crippen molar-refractivity contribution in [2.75, 3.05) is 5.32 Å². The molecule has 0 unspecified atom stereocenters. The Bertz CT molecular complexity index is 726. The second-order valence-corrected chi connectivity index (χ2v) is 5.53. The number of rotatable bonds is 3. The summed E-state index contributed by atoms with van der Waals surface area (Å²) >= 11 is 7.79. The van der Waals surface area contributed by atoms with E-state index in [2.05, 4.69) is 15.3 Å². The van der Waals surface area contributed by atoms with Gasteiger partial charge in [-0.2, -0.15) is 11.3 Å². The van der Waals surface area contributed by atoms with E-state index in [9.17, 15) is 0 Å². The first-order chi connectivity index (χ1) is 9.74. The first-order valence-corrected chi connectivity index (χ1v) is 7.44. The van der Waals surface area contributed by atoms with Crippen LogP contribution in [0.3, 0.4) is 0 Å². The molecule has 0 radical (unpaired) electrons. The number of benzene rings is 1. The largest absolute Gasteiger partial charge is 0.324 e. The summed E-state index contributed by atoms with van der Waals surface area (Å²) in [6.07, 6.45) is 1.63. The van der Waals surface area contributed by atoms with E-state index in [-0.39, 0.29) is 0 Å². The molecule has 5 heteroatoms. The third-order valence-electron chi connectivity index (χ3n) is 2.93. The fraction of sp³-hybridized carbons (Fsp3) is 0.0667. The van der Waals surface area contributed by atoms with Gasteiger partial charge in [-0.25, -0.2) is 9.97 Å². The van der Waals surface area contributed by atoms with Gasteiger partial charge in [-0.15, -0.1) is 0 Å². The van der Waals surface area contributed by atoms with Crippen molar-refractivity contribution in [3.8, 4) is 11.3 Å². The lowest BCUT2D eigenvalue weighted by Crippen LogP contribution is -1.99. The molecule has 0 aliphatic carbocycles. The highest BCUT2D eigenvalue weighted by atomic mass is 35.5. The first-order valence-electron chi connectivity index (χ1n) is 6.12. The maximum atomic E-state index is 6.17. The van der Waals surface area contributed by atoms with E-state index in [1.165, 1.54) is 0 Å². The number of halogens is 1. The standard InChI is InChI=1S/C15H12ClN3S/c1-10-4-2-3-5-13(10)18-15-17-8-12(16)14(19-15)11-6-7-20-9-11/h2-9H,1H3,(H,17,18,19). The monoisotopic (exact) mass is 301 g/mol. The molecule has 3 rings (SSSR count). The Morgan fingerprint density at radius 3 is 2.80 bits per heavy atom. The molecule has 100 valence electrons. The van der Waals surface area contributed by atoms with E-state index < -0.39 is 0 Å².